The number of methoxy groups -OCH3 is 1. The fourth-order valence-electron chi connectivity index (χ4n) is 2.86. The Labute approximate surface area is 186 Å². The van der Waals surface area contributed by atoms with Crippen molar-refractivity contribution < 1.29 is 28.8 Å². The molecule has 0 saturated carbocycles. The van der Waals surface area contributed by atoms with Gasteiger partial charge in [-0.25, -0.2) is 4.79 Å². The molecule has 0 aliphatic carbocycles. The highest BCUT2D eigenvalue weighted by molar-refractivity contribution is 8.18. The van der Waals surface area contributed by atoms with Gasteiger partial charge in [-0.2, -0.15) is 0 Å². The van der Waals surface area contributed by atoms with E-state index in [-0.39, 0.29) is 29.1 Å². The largest absolute Gasteiger partial charge is 0.465 e. The molecule has 2 aromatic rings. The molecule has 3 amide bonds. The number of imide groups is 1. The smallest absolute Gasteiger partial charge is 0.338 e. The Kier molecular flexibility index (Phi) is 7.00. The van der Waals surface area contributed by atoms with Gasteiger partial charge in [-0.3, -0.25) is 29.4 Å². The maximum absolute atomic E-state index is 12.5. The van der Waals surface area contributed by atoms with Gasteiger partial charge in [-0.05, 0) is 29.5 Å². The third kappa shape index (κ3) is 5.19. The van der Waals surface area contributed by atoms with Crippen LogP contribution in [-0.2, 0) is 9.53 Å². The molecule has 1 aliphatic heterocycles. The first-order valence-electron chi connectivity index (χ1n) is 9.26. The minimum absolute atomic E-state index is 0.0776. The van der Waals surface area contributed by atoms with E-state index in [9.17, 15) is 29.3 Å². The quantitative estimate of drug-likeness (QED) is 0.291. The highest BCUT2D eigenvalue weighted by Crippen LogP contribution is 2.31. The first-order valence-corrected chi connectivity index (χ1v) is 10.1. The van der Waals surface area contributed by atoms with Crippen LogP contribution >= 0.6 is 11.8 Å². The summed E-state index contributed by atoms with van der Waals surface area (Å²) in [6, 6.07) is 12.2. The lowest BCUT2D eigenvalue weighted by Gasteiger charge is -2.13. The number of benzene rings is 2. The van der Waals surface area contributed by atoms with Crippen molar-refractivity contribution in [1.29, 1.82) is 0 Å². The predicted molar refractivity (Wildman–Crippen MR) is 116 cm³/mol. The summed E-state index contributed by atoms with van der Waals surface area (Å²) in [6.45, 7) is -0.160. The number of nitro benzene ring substituents is 1. The molecule has 1 heterocycles. The Morgan fingerprint density at radius 3 is 2.50 bits per heavy atom. The number of nitrogens with zero attached hydrogens (tertiary/aromatic N) is 2. The van der Waals surface area contributed by atoms with Crippen molar-refractivity contribution in [2.24, 2.45) is 0 Å². The highest BCUT2D eigenvalue weighted by Gasteiger charge is 2.34. The van der Waals surface area contributed by atoms with Crippen LogP contribution in [0, 0.1) is 10.1 Å². The summed E-state index contributed by atoms with van der Waals surface area (Å²) in [6.07, 6.45) is 1.61. The fourth-order valence-corrected chi connectivity index (χ4v) is 3.73. The summed E-state index contributed by atoms with van der Waals surface area (Å²) < 4.78 is 4.55. The molecule has 0 atom stereocenters. The number of ether oxygens (including phenoxy) is 1. The normalized spacial score (nSPS) is 14.5. The molecular weight excluding hydrogens is 438 g/mol. The van der Waals surface area contributed by atoms with E-state index in [4.69, 9.17) is 0 Å². The van der Waals surface area contributed by atoms with Gasteiger partial charge in [-0.1, -0.05) is 30.3 Å². The van der Waals surface area contributed by atoms with E-state index in [1.165, 1.54) is 0 Å². The molecule has 1 aliphatic rings. The zero-order chi connectivity index (χ0) is 23.3. The molecule has 1 N–H and O–H groups in total. The molecule has 0 aromatic heterocycles. The molecule has 164 valence electrons. The summed E-state index contributed by atoms with van der Waals surface area (Å²) in [4.78, 5) is 60.5. The number of thioether (sulfide) groups is 1. The topological polar surface area (TPSA) is 136 Å². The Morgan fingerprint density at radius 1 is 1.16 bits per heavy atom. The summed E-state index contributed by atoms with van der Waals surface area (Å²) in [7, 11) is 1.11. The van der Waals surface area contributed by atoms with E-state index in [2.05, 4.69) is 10.1 Å². The van der Waals surface area contributed by atoms with Crippen LogP contribution in [0.3, 0.4) is 0 Å². The van der Waals surface area contributed by atoms with Crippen molar-refractivity contribution in [1.82, 2.24) is 10.2 Å². The lowest BCUT2D eigenvalue weighted by atomic mass is 10.1. The van der Waals surface area contributed by atoms with Gasteiger partial charge >= 0.3 is 5.97 Å². The van der Waals surface area contributed by atoms with Crippen molar-refractivity contribution in [2.45, 2.75) is 0 Å². The second-order valence-corrected chi connectivity index (χ2v) is 7.51. The van der Waals surface area contributed by atoms with Crippen LogP contribution in [-0.4, -0.2) is 53.0 Å². The van der Waals surface area contributed by atoms with Crippen LogP contribution in [0.2, 0.25) is 0 Å². The molecule has 1 fully saturated rings. The standard InChI is InChI=1S/C21H17N3O7S/c1-31-20(27)15-10-14(11-16(12-15)24(29)30)18(25)22-7-8-23-19(26)17(32-21(23)28)9-13-5-3-2-4-6-13/h2-6,9-12H,7-8H2,1H3,(H,22,25)/b17-9-. The number of esters is 1. The SMILES string of the molecule is COC(=O)c1cc(C(=O)NCCN2C(=O)S/C(=C\c3ccccc3)C2=O)cc([N+](=O)[O-])c1. The van der Waals surface area contributed by atoms with E-state index in [0.29, 0.717) is 0 Å². The summed E-state index contributed by atoms with van der Waals surface area (Å²) in [5.41, 5.74) is 0.0509. The molecule has 0 spiro atoms. The number of nitrogens with one attached hydrogen (secondary N) is 1. The first-order chi connectivity index (χ1) is 15.3. The molecule has 0 unspecified atom stereocenters. The zero-order valence-corrected chi connectivity index (χ0v) is 17.6. The first kappa shape index (κ1) is 22.7. The van der Waals surface area contributed by atoms with E-state index >= 15 is 0 Å². The molecule has 3 rings (SSSR count). The number of carbonyl (C=O) groups excluding carboxylic acids is 4. The number of amides is 3. The van der Waals surface area contributed by atoms with E-state index in [1.54, 1.807) is 18.2 Å². The summed E-state index contributed by atoms with van der Waals surface area (Å²) >= 11 is 0.804. The average molecular weight is 455 g/mol. The number of hydrogen-bond donors (Lipinski definition) is 1. The third-order valence-electron chi connectivity index (χ3n) is 4.40. The van der Waals surface area contributed by atoms with Crippen LogP contribution in [0.1, 0.15) is 26.3 Å². The molecule has 11 heteroatoms. The highest BCUT2D eigenvalue weighted by atomic mass is 32.2. The Morgan fingerprint density at radius 2 is 1.84 bits per heavy atom. The van der Waals surface area contributed by atoms with Gasteiger partial charge in [-0.15, -0.1) is 0 Å². The van der Waals surface area contributed by atoms with Crippen molar-refractivity contribution in [3.63, 3.8) is 0 Å². The molecule has 32 heavy (non-hydrogen) atoms. The summed E-state index contributed by atoms with van der Waals surface area (Å²) in [5.74, 6) is -2.00. The zero-order valence-electron chi connectivity index (χ0n) is 16.8. The summed E-state index contributed by atoms with van der Waals surface area (Å²) in [5, 5.41) is 13.1. The van der Waals surface area contributed by atoms with Crippen LogP contribution in [0.15, 0.2) is 53.4 Å². The lowest BCUT2D eigenvalue weighted by Crippen LogP contribution is -2.37. The number of carbonyl (C=O) groups is 4. The van der Waals surface area contributed by atoms with Crippen molar-refractivity contribution in [2.75, 3.05) is 20.2 Å². The maximum atomic E-state index is 12.5. The third-order valence-corrected chi connectivity index (χ3v) is 5.31. The van der Waals surface area contributed by atoms with Crippen molar-refractivity contribution in [3.8, 4) is 0 Å². The van der Waals surface area contributed by atoms with Gasteiger partial charge < -0.3 is 10.1 Å². The Hall–Kier alpha value is -3.99. The van der Waals surface area contributed by atoms with Crippen LogP contribution < -0.4 is 5.32 Å². The second kappa shape index (κ2) is 9.88. The molecule has 10 nitrogen and oxygen atoms in total. The van der Waals surface area contributed by atoms with Crippen LogP contribution in [0.5, 0.6) is 0 Å². The van der Waals surface area contributed by atoms with Gasteiger partial charge in [0.25, 0.3) is 22.7 Å². The minimum Gasteiger partial charge on any atom is -0.465 e. The van der Waals surface area contributed by atoms with Gasteiger partial charge in [0.05, 0.1) is 22.5 Å². The number of non-ortho nitro benzene ring substituents is 1. The lowest BCUT2D eigenvalue weighted by molar-refractivity contribution is -0.384. The molecular formula is C21H17N3O7S. The van der Waals surface area contributed by atoms with E-state index in [0.717, 1.165) is 47.5 Å². The Bertz CT molecular complexity index is 1130. The van der Waals surface area contributed by atoms with Crippen molar-refractivity contribution >= 4 is 46.5 Å². The molecule has 0 radical (unpaired) electrons. The molecule has 2 aromatic carbocycles. The number of nitro groups is 1. The molecule has 0 bridgehead atoms. The minimum atomic E-state index is -0.828. The van der Waals surface area contributed by atoms with E-state index in [1.807, 2.05) is 18.2 Å². The van der Waals surface area contributed by atoms with Gasteiger partial charge in [0.15, 0.2) is 0 Å². The van der Waals surface area contributed by atoms with Gasteiger partial charge in [0, 0.05) is 30.8 Å². The second-order valence-electron chi connectivity index (χ2n) is 6.52. The molecule has 1 saturated heterocycles. The Balaban J connectivity index is 1.66. The van der Waals surface area contributed by atoms with Gasteiger partial charge in [0.2, 0.25) is 0 Å². The van der Waals surface area contributed by atoms with Gasteiger partial charge in [0.1, 0.15) is 0 Å². The fraction of sp³-hybridized carbons (Fsp3) is 0.143. The average Bonchev–Trinajstić information content (AvgIpc) is 3.05. The number of rotatable bonds is 7. The monoisotopic (exact) mass is 455 g/mol. The van der Waals surface area contributed by atoms with Crippen LogP contribution in [0.4, 0.5) is 10.5 Å². The number of hydrogen-bond acceptors (Lipinski definition) is 8. The van der Waals surface area contributed by atoms with E-state index < -0.39 is 33.6 Å². The van der Waals surface area contributed by atoms with Crippen LogP contribution in [0.25, 0.3) is 6.08 Å². The predicted octanol–water partition coefficient (Wildman–Crippen LogP) is 2.85. The maximum Gasteiger partial charge on any atom is 0.338 e. The van der Waals surface area contributed by atoms with Crippen molar-refractivity contribution in [3.05, 3.63) is 80.2 Å².